The number of amides is 1. The monoisotopic (exact) mass is 514 g/mol. The summed E-state index contributed by atoms with van der Waals surface area (Å²) in [4.78, 5) is 32.9. The summed E-state index contributed by atoms with van der Waals surface area (Å²) in [6, 6.07) is 17.0. The lowest BCUT2D eigenvalue weighted by Gasteiger charge is -2.13. The van der Waals surface area contributed by atoms with Gasteiger partial charge in [-0.1, -0.05) is 24.6 Å². The standard InChI is InChI=1S/C30H30N2O4S/c1-18(2)36-30(34)27-22-10-5-4-6-12-26(22)37-29(27)32-28(33)23-17-25(19-13-15-20(35-3)16-14-19)31-24-11-8-7-9-21(23)24/h7-9,11,13-18H,4-6,10,12H2,1-3H3,(H,32,33). The SMILES string of the molecule is COc1ccc(-c2cc(C(=O)Nc3sc4c(c3C(=O)OC(C)C)CCCCC4)c3ccccc3n2)cc1. The van der Waals surface area contributed by atoms with Gasteiger partial charge in [-0.15, -0.1) is 11.3 Å². The summed E-state index contributed by atoms with van der Waals surface area (Å²) in [5.41, 5.74) is 4.34. The molecule has 4 aromatic rings. The highest BCUT2D eigenvalue weighted by Gasteiger charge is 2.28. The molecule has 2 heterocycles. The fourth-order valence-electron chi connectivity index (χ4n) is 4.76. The highest BCUT2D eigenvalue weighted by Crippen LogP contribution is 2.39. The lowest BCUT2D eigenvalue weighted by atomic mass is 10.0. The van der Waals surface area contributed by atoms with Crippen molar-refractivity contribution in [1.29, 1.82) is 0 Å². The molecule has 0 saturated carbocycles. The van der Waals surface area contributed by atoms with Crippen LogP contribution in [0.2, 0.25) is 0 Å². The fourth-order valence-corrected chi connectivity index (χ4v) is 6.04. The van der Waals surface area contributed by atoms with Gasteiger partial charge in [0.05, 0.1) is 35.6 Å². The number of nitrogens with zero attached hydrogens (tertiary/aromatic N) is 1. The summed E-state index contributed by atoms with van der Waals surface area (Å²) >= 11 is 1.50. The van der Waals surface area contributed by atoms with Crippen LogP contribution in [0.1, 0.15) is 64.3 Å². The summed E-state index contributed by atoms with van der Waals surface area (Å²) in [6.07, 6.45) is 4.74. The van der Waals surface area contributed by atoms with E-state index in [0.717, 1.165) is 59.9 Å². The number of esters is 1. The van der Waals surface area contributed by atoms with Gasteiger partial charge < -0.3 is 14.8 Å². The van der Waals surface area contributed by atoms with E-state index in [4.69, 9.17) is 14.5 Å². The van der Waals surface area contributed by atoms with Gasteiger partial charge in [-0.05, 0) is 81.5 Å². The van der Waals surface area contributed by atoms with E-state index in [1.807, 2.05) is 68.4 Å². The van der Waals surface area contributed by atoms with E-state index in [1.165, 1.54) is 16.2 Å². The molecule has 1 N–H and O–H groups in total. The maximum absolute atomic E-state index is 13.8. The van der Waals surface area contributed by atoms with Crippen LogP contribution in [0.5, 0.6) is 5.75 Å². The van der Waals surface area contributed by atoms with Gasteiger partial charge in [0.15, 0.2) is 0 Å². The van der Waals surface area contributed by atoms with Crippen molar-refractivity contribution in [2.75, 3.05) is 12.4 Å². The van der Waals surface area contributed by atoms with E-state index in [1.54, 1.807) is 7.11 Å². The molecule has 0 aliphatic heterocycles. The maximum Gasteiger partial charge on any atom is 0.341 e. The molecule has 0 radical (unpaired) electrons. The molecule has 1 aliphatic rings. The molecule has 0 atom stereocenters. The number of thiophene rings is 1. The van der Waals surface area contributed by atoms with Crippen molar-refractivity contribution in [3.05, 3.63) is 76.2 Å². The van der Waals surface area contributed by atoms with Gasteiger partial charge in [-0.25, -0.2) is 9.78 Å². The number of aromatic nitrogens is 1. The van der Waals surface area contributed by atoms with Crippen molar-refractivity contribution in [2.24, 2.45) is 0 Å². The first-order valence-electron chi connectivity index (χ1n) is 12.7. The van der Waals surface area contributed by atoms with Gasteiger partial charge >= 0.3 is 5.97 Å². The molecule has 1 aliphatic carbocycles. The van der Waals surface area contributed by atoms with E-state index >= 15 is 0 Å². The van der Waals surface area contributed by atoms with Crippen molar-refractivity contribution in [3.8, 4) is 17.0 Å². The number of fused-ring (bicyclic) bond motifs is 2. The van der Waals surface area contributed by atoms with Crippen molar-refractivity contribution in [3.63, 3.8) is 0 Å². The zero-order valence-corrected chi connectivity index (χ0v) is 22.1. The Labute approximate surface area is 220 Å². The highest BCUT2D eigenvalue weighted by atomic mass is 32.1. The molecule has 190 valence electrons. The first-order chi connectivity index (χ1) is 17.9. The number of aryl methyl sites for hydroxylation is 1. The van der Waals surface area contributed by atoms with E-state index in [9.17, 15) is 9.59 Å². The van der Waals surface area contributed by atoms with Gasteiger partial charge in [-0.3, -0.25) is 4.79 Å². The quantitative estimate of drug-likeness (QED) is 0.220. The van der Waals surface area contributed by atoms with Crippen molar-refractivity contribution in [2.45, 2.75) is 52.1 Å². The predicted molar refractivity (Wildman–Crippen MR) is 148 cm³/mol. The summed E-state index contributed by atoms with van der Waals surface area (Å²) in [6.45, 7) is 3.68. The van der Waals surface area contributed by atoms with Gasteiger partial charge in [0, 0.05) is 15.8 Å². The topological polar surface area (TPSA) is 77.5 Å². The Morgan fingerprint density at radius 1 is 1.00 bits per heavy atom. The van der Waals surface area contributed by atoms with E-state index in [2.05, 4.69) is 5.32 Å². The Bertz CT molecular complexity index is 1460. The molecule has 2 aromatic carbocycles. The van der Waals surface area contributed by atoms with Crippen molar-refractivity contribution in [1.82, 2.24) is 4.98 Å². The van der Waals surface area contributed by atoms with Crippen LogP contribution < -0.4 is 10.1 Å². The number of nitrogens with one attached hydrogen (secondary N) is 1. The first-order valence-corrected chi connectivity index (χ1v) is 13.5. The molecule has 37 heavy (non-hydrogen) atoms. The van der Waals surface area contributed by atoms with Crippen molar-refractivity contribution >= 4 is 39.1 Å². The van der Waals surface area contributed by atoms with Crippen LogP contribution in [-0.4, -0.2) is 30.1 Å². The Morgan fingerprint density at radius 3 is 2.51 bits per heavy atom. The average molecular weight is 515 g/mol. The summed E-state index contributed by atoms with van der Waals surface area (Å²) in [7, 11) is 1.63. The van der Waals surface area contributed by atoms with E-state index in [-0.39, 0.29) is 18.0 Å². The van der Waals surface area contributed by atoms with Gasteiger partial charge in [-0.2, -0.15) is 0 Å². The second-order valence-corrected chi connectivity index (χ2v) is 10.6. The fraction of sp³-hybridized carbons (Fsp3) is 0.300. The molecule has 2 aromatic heterocycles. The Morgan fingerprint density at radius 2 is 1.76 bits per heavy atom. The second-order valence-electron chi connectivity index (χ2n) is 9.48. The lowest BCUT2D eigenvalue weighted by molar-refractivity contribution is 0.0378. The van der Waals surface area contributed by atoms with Gasteiger partial charge in [0.1, 0.15) is 10.8 Å². The number of anilines is 1. The van der Waals surface area contributed by atoms with Gasteiger partial charge in [0.2, 0.25) is 0 Å². The third kappa shape index (κ3) is 5.23. The minimum atomic E-state index is -0.372. The summed E-state index contributed by atoms with van der Waals surface area (Å²) in [5, 5.41) is 4.39. The normalized spacial score (nSPS) is 13.2. The van der Waals surface area contributed by atoms with Crippen LogP contribution in [0.15, 0.2) is 54.6 Å². The molecular formula is C30H30N2O4S. The van der Waals surface area contributed by atoms with Crippen LogP contribution in [-0.2, 0) is 17.6 Å². The smallest absolute Gasteiger partial charge is 0.341 e. The Kier molecular flexibility index (Phi) is 7.24. The third-order valence-electron chi connectivity index (χ3n) is 6.54. The largest absolute Gasteiger partial charge is 0.497 e. The molecular weight excluding hydrogens is 484 g/mol. The first kappa shape index (κ1) is 25.0. The Balaban J connectivity index is 1.56. The second kappa shape index (κ2) is 10.7. The number of pyridine rings is 1. The number of hydrogen-bond donors (Lipinski definition) is 1. The van der Waals surface area contributed by atoms with Crippen LogP contribution in [0.25, 0.3) is 22.2 Å². The minimum Gasteiger partial charge on any atom is -0.497 e. The van der Waals surface area contributed by atoms with Crippen LogP contribution >= 0.6 is 11.3 Å². The number of hydrogen-bond acceptors (Lipinski definition) is 6. The molecule has 0 spiro atoms. The molecule has 5 rings (SSSR count). The number of benzene rings is 2. The van der Waals surface area contributed by atoms with E-state index < -0.39 is 0 Å². The Hall–Kier alpha value is -3.71. The van der Waals surface area contributed by atoms with Crippen LogP contribution in [0.4, 0.5) is 5.00 Å². The predicted octanol–water partition coefficient (Wildman–Crippen LogP) is 7.06. The number of methoxy groups -OCH3 is 1. The number of rotatable bonds is 6. The van der Waals surface area contributed by atoms with Crippen LogP contribution in [0.3, 0.4) is 0 Å². The van der Waals surface area contributed by atoms with E-state index in [0.29, 0.717) is 21.8 Å². The zero-order chi connectivity index (χ0) is 25.9. The van der Waals surface area contributed by atoms with Crippen LogP contribution in [0, 0.1) is 0 Å². The number of para-hydroxylation sites is 1. The molecule has 7 heteroatoms. The van der Waals surface area contributed by atoms with Crippen molar-refractivity contribution < 1.29 is 19.1 Å². The summed E-state index contributed by atoms with van der Waals surface area (Å²) < 4.78 is 10.9. The number of carbonyl (C=O) groups excluding carboxylic acids is 2. The molecule has 0 saturated heterocycles. The highest BCUT2D eigenvalue weighted by molar-refractivity contribution is 7.17. The molecule has 0 bridgehead atoms. The third-order valence-corrected chi connectivity index (χ3v) is 7.75. The molecule has 6 nitrogen and oxygen atoms in total. The molecule has 1 amide bonds. The molecule has 0 unspecified atom stereocenters. The maximum atomic E-state index is 13.8. The molecule has 0 fully saturated rings. The number of ether oxygens (including phenoxy) is 2. The zero-order valence-electron chi connectivity index (χ0n) is 21.3. The summed E-state index contributed by atoms with van der Waals surface area (Å²) in [5.74, 6) is 0.104. The minimum absolute atomic E-state index is 0.242. The van der Waals surface area contributed by atoms with Gasteiger partial charge in [0.25, 0.3) is 5.91 Å². The lowest BCUT2D eigenvalue weighted by Crippen LogP contribution is -2.18. The average Bonchev–Trinajstić information content (AvgIpc) is 3.07. The number of carbonyl (C=O) groups is 2.